The highest BCUT2D eigenvalue weighted by Gasteiger charge is 2.12. The predicted octanol–water partition coefficient (Wildman–Crippen LogP) is 5.92. The van der Waals surface area contributed by atoms with Crippen molar-refractivity contribution in [3.63, 3.8) is 0 Å². The number of anilines is 2. The van der Waals surface area contributed by atoms with Crippen molar-refractivity contribution in [2.75, 3.05) is 23.8 Å². The Kier molecular flexibility index (Phi) is 9.09. The fourth-order valence-electron chi connectivity index (χ4n) is 3.24. The lowest BCUT2D eigenvalue weighted by molar-refractivity contribution is -0.118. The third kappa shape index (κ3) is 7.36. The molecule has 0 spiro atoms. The van der Waals surface area contributed by atoms with Gasteiger partial charge in [-0.3, -0.25) is 9.59 Å². The smallest absolute Gasteiger partial charge is 0.266 e. The topological polar surface area (TPSA) is 100 Å². The number of aryl methyl sites for hydroxylation is 2. The lowest BCUT2D eigenvalue weighted by atomic mass is 10.1. The first-order chi connectivity index (χ1) is 17.3. The number of rotatable bonds is 9. The third-order valence-electron chi connectivity index (χ3n) is 5.08. The maximum atomic E-state index is 12.5. The van der Waals surface area contributed by atoms with Crippen molar-refractivity contribution in [2.24, 2.45) is 0 Å². The van der Waals surface area contributed by atoms with E-state index in [0.29, 0.717) is 29.4 Å². The second-order valence-electron chi connectivity index (χ2n) is 7.93. The van der Waals surface area contributed by atoms with Crippen molar-refractivity contribution in [3.8, 4) is 17.6 Å². The Morgan fingerprint density at radius 3 is 2.42 bits per heavy atom. The minimum atomic E-state index is -0.554. The summed E-state index contributed by atoms with van der Waals surface area (Å²) >= 11 is 6.31. The zero-order valence-corrected chi connectivity index (χ0v) is 21.0. The Hall–Kier alpha value is -4.28. The summed E-state index contributed by atoms with van der Waals surface area (Å²) in [5.41, 5.74) is 3.68. The lowest BCUT2D eigenvalue weighted by Crippen LogP contribution is -2.20. The average molecular weight is 504 g/mol. The molecule has 0 saturated heterocycles. The number of hydrogen-bond donors (Lipinski definition) is 2. The van der Waals surface area contributed by atoms with Crippen molar-refractivity contribution < 1.29 is 19.1 Å². The number of hydrogen-bond acceptors (Lipinski definition) is 5. The lowest BCUT2D eigenvalue weighted by Gasteiger charge is -2.11. The van der Waals surface area contributed by atoms with Gasteiger partial charge in [-0.05, 0) is 86.0 Å². The molecule has 0 heterocycles. The van der Waals surface area contributed by atoms with Crippen LogP contribution >= 0.6 is 11.6 Å². The number of nitriles is 1. The minimum absolute atomic E-state index is 0.0958. The maximum Gasteiger partial charge on any atom is 0.266 e. The first kappa shape index (κ1) is 26.3. The zero-order chi connectivity index (χ0) is 26.1. The van der Waals surface area contributed by atoms with E-state index in [-0.39, 0.29) is 23.1 Å². The van der Waals surface area contributed by atoms with E-state index in [2.05, 4.69) is 10.6 Å². The van der Waals surface area contributed by atoms with Gasteiger partial charge in [-0.15, -0.1) is 0 Å². The fraction of sp³-hybridized carbons (Fsp3) is 0.179. The van der Waals surface area contributed by atoms with E-state index < -0.39 is 5.91 Å². The van der Waals surface area contributed by atoms with Crippen LogP contribution in [0.3, 0.4) is 0 Å². The van der Waals surface area contributed by atoms with Gasteiger partial charge in [0, 0.05) is 11.4 Å². The molecule has 8 heteroatoms. The SMILES string of the molecule is CCOc1ccc(NC(=O)/C(C#N)=C/c2ccc(OCC(=O)Nc3cc(C)ccc3C)c(Cl)c2)cc1. The molecule has 3 aromatic rings. The van der Waals surface area contributed by atoms with Gasteiger partial charge >= 0.3 is 0 Å². The molecule has 0 saturated carbocycles. The van der Waals surface area contributed by atoms with Crippen LogP contribution in [-0.2, 0) is 9.59 Å². The van der Waals surface area contributed by atoms with Crippen LogP contribution < -0.4 is 20.1 Å². The molecule has 0 aromatic heterocycles. The Balaban J connectivity index is 1.62. The Labute approximate surface area is 215 Å². The number of benzene rings is 3. The Bertz CT molecular complexity index is 1330. The summed E-state index contributed by atoms with van der Waals surface area (Å²) in [6, 6.07) is 19.3. The average Bonchev–Trinajstić information content (AvgIpc) is 2.85. The molecule has 3 aromatic carbocycles. The Morgan fingerprint density at radius 2 is 1.75 bits per heavy atom. The quantitative estimate of drug-likeness (QED) is 0.279. The molecule has 0 bridgehead atoms. The summed E-state index contributed by atoms with van der Waals surface area (Å²) in [5.74, 6) is 0.122. The van der Waals surface area contributed by atoms with Crippen LogP contribution in [0.4, 0.5) is 11.4 Å². The molecular weight excluding hydrogens is 478 g/mol. The van der Waals surface area contributed by atoms with Crippen molar-refractivity contribution in [3.05, 3.63) is 87.9 Å². The summed E-state index contributed by atoms with van der Waals surface area (Å²) < 4.78 is 10.9. The van der Waals surface area contributed by atoms with Gasteiger partial charge in [0.25, 0.3) is 11.8 Å². The van der Waals surface area contributed by atoms with Crippen LogP contribution in [0.25, 0.3) is 6.08 Å². The van der Waals surface area contributed by atoms with E-state index >= 15 is 0 Å². The summed E-state index contributed by atoms with van der Waals surface area (Å²) in [6.07, 6.45) is 1.42. The number of carbonyl (C=O) groups excluding carboxylic acids is 2. The molecule has 2 N–H and O–H groups in total. The van der Waals surface area contributed by atoms with Crippen LogP contribution in [0.2, 0.25) is 5.02 Å². The molecule has 7 nitrogen and oxygen atoms in total. The number of amides is 2. The van der Waals surface area contributed by atoms with Crippen molar-refractivity contribution in [1.82, 2.24) is 0 Å². The van der Waals surface area contributed by atoms with Crippen molar-refractivity contribution in [2.45, 2.75) is 20.8 Å². The highest BCUT2D eigenvalue weighted by Crippen LogP contribution is 2.27. The second kappa shape index (κ2) is 12.4. The monoisotopic (exact) mass is 503 g/mol. The van der Waals surface area contributed by atoms with Crippen LogP contribution in [0, 0.1) is 25.2 Å². The highest BCUT2D eigenvalue weighted by molar-refractivity contribution is 6.32. The van der Waals surface area contributed by atoms with Crippen LogP contribution in [0.15, 0.2) is 66.2 Å². The third-order valence-corrected chi connectivity index (χ3v) is 5.38. The van der Waals surface area contributed by atoms with Gasteiger partial charge in [0.05, 0.1) is 11.6 Å². The van der Waals surface area contributed by atoms with Crippen LogP contribution in [-0.4, -0.2) is 25.0 Å². The Morgan fingerprint density at radius 1 is 1.00 bits per heavy atom. The van der Waals surface area contributed by atoms with Crippen LogP contribution in [0.5, 0.6) is 11.5 Å². The molecule has 0 radical (unpaired) electrons. The molecule has 3 rings (SSSR count). The minimum Gasteiger partial charge on any atom is -0.494 e. The summed E-state index contributed by atoms with van der Waals surface area (Å²) in [5, 5.41) is 15.2. The molecule has 0 unspecified atom stereocenters. The number of carbonyl (C=O) groups is 2. The summed E-state index contributed by atoms with van der Waals surface area (Å²) in [7, 11) is 0. The predicted molar refractivity (Wildman–Crippen MR) is 141 cm³/mol. The van der Waals surface area contributed by atoms with Gasteiger partial charge in [-0.2, -0.15) is 5.26 Å². The van der Waals surface area contributed by atoms with Gasteiger partial charge in [-0.25, -0.2) is 0 Å². The van der Waals surface area contributed by atoms with E-state index in [0.717, 1.165) is 16.8 Å². The molecular formula is C28H26ClN3O4. The fourth-order valence-corrected chi connectivity index (χ4v) is 3.48. The van der Waals surface area contributed by atoms with E-state index in [4.69, 9.17) is 21.1 Å². The van der Waals surface area contributed by atoms with E-state index in [1.165, 1.54) is 6.08 Å². The first-order valence-electron chi connectivity index (χ1n) is 11.2. The molecule has 0 aliphatic carbocycles. The van der Waals surface area contributed by atoms with E-state index in [1.807, 2.05) is 45.0 Å². The molecule has 36 heavy (non-hydrogen) atoms. The maximum absolute atomic E-state index is 12.5. The molecule has 0 fully saturated rings. The largest absolute Gasteiger partial charge is 0.494 e. The van der Waals surface area contributed by atoms with Crippen molar-refractivity contribution in [1.29, 1.82) is 5.26 Å². The van der Waals surface area contributed by atoms with Gasteiger partial charge in [0.15, 0.2) is 6.61 Å². The van der Waals surface area contributed by atoms with Crippen molar-refractivity contribution >= 4 is 40.9 Å². The molecule has 0 atom stereocenters. The second-order valence-corrected chi connectivity index (χ2v) is 8.33. The number of nitrogens with one attached hydrogen (secondary N) is 2. The number of nitrogens with zero attached hydrogens (tertiary/aromatic N) is 1. The van der Waals surface area contributed by atoms with Gasteiger partial charge in [0.1, 0.15) is 23.1 Å². The standard InChI is InChI=1S/C28H26ClN3O4/c1-4-35-23-10-8-22(9-11-23)31-28(34)21(16-30)14-20-7-12-26(24(29)15-20)36-17-27(33)32-25-13-18(2)5-6-19(25)3/h5-15H,4,17H2,1-3H3,(H,31,34)(H,32,33)/b21-14+. The molecule has 2 amide bonds. The zero-order valence-electron chi connectivity index (χ0n) is 20.2. The normalized spacial score (nSPS) is 10.8. The highest BCUT2D eigenvalue weighted by atomic mass is 35.5. The number of ether oxygens (including phenoxy) is 2. The van der Waals surface area contributed by atoms with Gasteiger partial charge < -0.3 is 20.1 Å². The summed E-state index contributed by atoms with van der Waals surface area (Å²) in [6.45, 7) is 6.06. The first-order valence-corrected chi connectivity index (χ1v) is 11.6. The van der Waals surface area contributed by atoms with Crippen LogP contribution in [0.1, 0.15) is 23.6 Å². The molecule has 0 aliphatic heterocycles. The number of halogens is 1. The van der Waals surface area contributed by atoms with Gasteiger partial charge in [-0.1, -0.05) is 29.8 Å². The molecule has 0 aliphatic rings. The van der Waals surface area contributed by atoms with E-state index in [9.17, 15) is 14.9 Å². The summed E-state index contributed by atoms with van der Waals surface area (Å²) in [4.78, 5) is 24.9. The molecule has 184 valence electrons. The van der Waals surface area contributed by atoms with E-state index in [1.54, 1.807) is 42.5 Å². The van der Waals surface area contributed by atoms with Gasteiger partial charge in [0.2, 0.25) is 0 Å².